The molecule has 1 saturated heterocycles. The van der Waals surface area contributed by atoms with Crippen LogP contribution in [0.15, 0.2) is 36.4 Å². The first-order chi connectivity index (χ1) is 11.8. The van der Waals surface area contributed by atoms with E-state index < -0.39 is 0 Å². The molecule has 0 spiro atoms. The van der Waals surface area contributed by atoms with Gasteiger partial charge in [-0.3, -0.25) is 4.90 Å². The SMILES string of the molecule is Cc1cc(NCc2ccccc2)nc(NCCN2CCOCC2)n1. The zero-order valence-corrected chi connectivity index (χ0v) is 14.2. The average Bonchev–Trinajstić information content (AvgIpc) is 2.61. The fourth-order valence-electron chi connectivity index (χ4n) is 2.68. The van der Waals surface area contributed by atoms with Gasteiger partial charge >= 0.3 is 0 Å². The Bertz CT molecular complexity index is 629. The predicted molar refractivity (Wildman–Crippen MR) is 96.3 cm³/mol. The standard InChI is InChI=1S/C18H25N5O/c1-15-13-17(20-14-16-5-3-2-4-6-16)22-18(21-15)19-7-8-23-9-11-24-12-10-23/h2-6,13H,7-12,14H2,1H3,(H2,19,20,21,22). The molecule has 2 heterocycles. The third kappa shape index (κ3) is 5.18. The van der Waals surface area contributed by atoms with Crippen molar-refractivity contribution < 1.29 is 4.74 Å². The summed E-state index contributed by atoms with van der Waals surface area (Å²) in [6, 6.07) is 12.3. The smallest absolute Gasteiger partial charge is 0.224 e. The summed E-state index contributed by atoms with van der Waals surface area (Å²) in [6.45, 7) is 8.21. The van der Waals surface area contributed by atoms with Crippen molar-refractivity contribution in [3.05, 3.63) is 47.7 Å². The number of anilines is 2. The molecule has 6 nitrogen and oxygen atoms in total. The number of nitrogens with one attached hydrogen (secondary N) is 2. The topological polar surface area (TPSA) is 62.3 Å². The largest absolute Gasteiger partial charge is 0.379 e. The summed E-state index contributed by atoms with van der Waals surface area (Å²) in [5.41, 5.74) is 2.19. The fraction of sp³-hybridized carbons (Fsp3) is 0.444. The summed E-state index contributed by atoms with van der Waals surface area (Å²) in [5, 5.41) is 6.69. The Morgan fingerprint density at radius 1 is 1.08 bits per heavy atom. The van der Waals surface area contributed by atoms with Crippen LogP contribution in [0.2, 0.25) is 0 Å². The van der Waals surface area contributed by atoms with Crippen LogP contribution in [0.1, 0.15) is 11.3 Å². The maximum atomic E-state index is 5.36. The minimum Gasteiger partial charge on any atom is -0.379 e. The molecule has 6 heteroatoms. The lowest BCUT2D eigenvalue weighted by atomic mass is 10.2. The first-order valence-corrected chi connectivity index (χ1v) is 8.47. The molecule has 1 fully saturated rings. The van der Waals surface area contributed by atoms with Crippen molar-refractivity contribution in [2.45, 2.75) is 13.5 Å². The Labute approximate surface area is 143 Å². The molecule has 0 radical (unpaired) electrons. The van der Waals surface area contributed by atoms with E-state index in [9.17, 15) is 0 Å². The quantitative estimate of drug-likeness (QED) is 0.812. The van der Waals surface area contributed by atoms with E-state index in [1.54, 1.807) is 0 Å². The number of hydrogen-bond acceptors (Lipinski definition) is 6. The molecule has 0 unspecified atom stereocenters. The van der Waals surface area contributed by atoms with Gasteiger partial charge < -0.3 is 15.4 Å². The van der Waals surface area contributed by atoms with Crippen molar-refractivity contribution in [2.24, 2.45) is 0 Å². The Hall–Kier alpha value is -2.18. The Morgan fingerprint density at radius 3 is 2.67 bits per heavy atom. The van der Waals surface area contributed by atoms with E-state index in [0.717, 1.165) is 57.4 Å². The van der Waals surface area contributed by atoms with Crippen molar-refractivity contribution in [1.82, 2.24) is 14.9 Å². The zero-order chi connectivity index (χ0) is 16.6. The van der Waals surface area contributed by atoms with Crippen LogP contribution in [0, 0.1) is 6.92 Å². The molecule has 2 aromatic rings. The summed E-state index contributed by atoms with van der Waals surface area (Å²) in [4.78, 5) is 11.4. The number of ether oxygens (including phenoxy) is 1. The maximum Gasteiger partial charge on any atom is 0.224 e. The van der Waals surface area contributed by atoms with Crippen LogP contribution in [-0.2, 0) is 11.3 Å². The highest BCUT2D eigenvalue weighted by Gasteiger charge is 2.09. The van der Waals surface area contributed by atoms with Crippen molar-refractivity contribution >= 4 is 11.8 Å². The second-order valence-corrected chi connectivity index (χ2v) is 5.94. The molecule has 3 rings (SSSR count). The van der Waals surface area contributed by atoms with Gasteiger partial charge in [0.2, 0.25) is 5.95 Å². The highest BCUT2D eigenvalue weighted by Crippen LogP contribution is 2.11. The third-order valence-corrected chi connectivity index (χ3v) is 3.99. The second-order valence-electron chi connectivity index (χ2n) is 5.94. The van der Waals surface area contributed by atoms with Crippen molar-refractivity contribution in [3.8, 4) is 0 Å². The van der Waals surface area contributed by atoms with Crippen LogP contribution in [-0.4, -0.2) is 54.3 Å². The normalized spacial score (nSPS) is 15.2. The number of aryl methyl sites for hydroxylation is 1. The minimum absolute atomic E-state index is 0.679. The number of benzene rings is 1. The first-order valence-electron chi connectivity index (χ1n) is 8.47. The lowest BCUT2D eigenvalue weighted by molar-refractivity contribution is 0.0398. The molecule has 0 saturated carbocycles. The fourth-order valence-corrected chi connectivity index (χ4v) is 2.68. The molecule has 1 aliphatic rings. The summed E-state index contributed by atoms with van der Waals surface area (Å²) < 4.78 is 5.36. The molecule has 0 aliphatic carbocycles. The lowest BCUT2D eigenvalue weighted by Crippen LogP contribution is -2.39. The van der Waals surface area contributed by atoms with E-state index >= 15 is 0 Å². The molecule has 128 valence electrons. The highest BCUT2D eigenvalue weighted by atomic mass is 16.5. The Morgan fingerprint density at radius 2 is 1.88 bits per heavy atom. The van der Waals surface area contributed by atoms with E-state index in [1.807, 2.05) is 31.2 Å². The minimum atomic E-state index is 0.679. The van der Waals surface area contributed by atoms with Crippen LogP contribution < -0.4 is 10.6 Å². The van der Waals surface area contributed by atoms with Gasteiger partial charge in [0.1, 0.15) is 5.82 Å². The van der Waals surface area contributed by atoms with Gasteiger partial charge in [-0.1, -0.05) is 30.3 Å². The molecule has 24 heavy (non-hydrogen) atoms. The first kappa shape index (κ1) is 16.7. The monoisotopic (exact) mass is 327 g/mol. The summed E-state index contributed by atoms with van der Waals surface area (Å²) in [7, 11) is 0. The van der Waals surface area contributed by atoms with Crippen LogP contribution in [0.3, 0.4) is 0 Å². The van der Waals surface area contributed by atoms with Crippen molar-refractivity contribution in [1.29, 1.82) is 0 Å². The molecular formula is C18H25N5O. The number of hydrogen-bond donors (Lipinski definition) is 2. The van der Waals surface area contributed by atoms with E-state index in [2.05, 4.69) is 37.6 Å². The van der Waals surface area contributed by atoms with Gasteiger partial charge in [0, 0.05) is 44.5 Å². The Balaban J connectivity index is 1.51. The number of rotatable bonds is 7. The second kappa shape index (κ2) is 8.61. The predicted octanol–water partition coefficient (Wildman–Crippen LogP) is 2.14. The molecule has 2 N–H and O–H groups in total. The molecule has 0 bridgehead atoms. The van der Waals surface area contributed by atoms with Gasteiger partial charge in [0.25, 0.3) is 0 Å². The van der Waals surface area contributed by atoms with Gasteiger partial charge in [-0.05, 0) is 12.5 Å². The molecule has 1 aromatic heterocycles. The van der Waals surface area contributed by atoms with Crippen LogP contribution in [0.5, 0.6) is 0 Å². The number of morpholine rings is 1. The van der Waals surface area contributed by atoms with Gasteiger partial charge in [-0.15, -0.1) is 0 Å². The van der Waals surface area contributed by atoms with E-state index in [4.69, 9.17) is 4.74 Å². The van der Waals surface area contributed by atoms with Crippen LogP contribution in [0.4, 0.5) is 11.8 Å². The van der Waals surface area contributed by atoms with Crippen molar-refractivity contribution in [2.75, 3.05) is 50.0 Å². The zero-order valence-electron chi connectivity index (χ0n) is 14.2. The van der Waals surface area contributed by atoms with E-state index in [1.165, 1.54) is 5.56 Å². The van der Waals surface area contributed by atoms with Gasteiger partial charge in [-0.25, -0.2) is 4.98 Å². The number of aromatic nitrogens is 2. The molecule has 0 amide bonds. The van der Waals surface area contributed by atoms with Gasteiger partial charge in [0.15, 0.2) is 0 Å². The van der Waals surface area contributed by atoms with Crippen LogP contribution in [0.25, 0.3) is 0 Å². The van der Waals surface area contributed by atoms with Gasteiger partial charge in [0.05, 0.1) is 13.2 Å². The Kier molecular flexibility index (Phi) is 5.98. The molecule has 0 atom stereocenters. The maximum absolute atomic E-state index is 5.36. The molecular weight excluding hydrogens is 302 g/mol. The summed E-state index contributed by atoms with van der Waals surface area (Å²) in [6.07, 6.45) is 0. The van der Waals surface area contributed by atoms with Gasteiger partial charge in [-0.2, -0.15) is 4.98 Å². The van der Waals surface area contributed by atoms with E-state index in [-0.39, 0.29) is 0 Å². The van der Waals surface area contributed by atoms with Crippen LogP contribution >= 0.6 is 0 Å². The highest BCUT2D eigenvalue weighted by molar-refractivity contribution is 5.42. The lowest BCUT2D eigenvalue weighted by Gasteiger charge is -2.26. The number of nitrogens with zero attached hydrogens (tertiary/aromatic N) is 3. The van der Waals surface area contributed by atoms with E-state index in [0.29, 0.717) is 5.95 Å². The molecule has 1 aliphatic heterocycles. The summed E-state index contributed by atoms with van der Waals surface area (Å²) >= 11 is 0. The summed E-state index contributed by atoms with van der Waals surface area (Å²) in [5.74, 6) is 1.53. The molecule has 1 aromatic carbocycles. The average molecular weight is 327 g/mol. The van der Waals surface area contributed by atoms with Crippen molar-refractivity contribution in [3.63, 3.8) is 0 Å². The third-order valence-electron chi connectivity index (χ3n) is 3.99.